The predicted octanol–water partition coefficient (Wildman–Crippen LogP) is 4.82. The minimum absolute atomic E-state index is 0.214. The molecule has 0 unspecified atom stereocenters. The van der Waals surface area contributed by atoms with Crippen molar-refractivity contribution in [1.82, 2.24) is 9.78 Å². The van der Waals surface area contributed by atoms with Crippen LogP contribution >= 0.6 is 11.8 Å². The maximum atomic E-state index is 13.2. The van der Waals surface area contributed by atoms with Crippen molar-refractivity contribution in [2.75, 3.05) is 17.2 Å². The highest BCUT2D eigenvalue weighted by Gasteiger charge is 2.26. The van der Waals surface area contributed by atoms with Gasteiger partial charge in [-0.15, -0.1) is 0 Å². The maximum Gasteiger partial charge on any atom is 0.280 e. The monoisotopic (exact) mass is 398 g/mol. The third-order valence-electron chi connectivity index (χ3n) is 4.17. The zero-order valence-corrected chi connectivity index (χ0v) is 15.4. The van der Waals surface area contributed by atoms with Gasteiger partial charge in [0.25, 0.3) is 12.3 Å². The molecule has 1 amide bonds. The van der Waals surface area contributed by atoms with E-state index in [-0.39, 0.29) is 23.6 Å². The van der Waals surface area contributed by atoms with E-state index in [1.807, 2.05) is 48.5 Å². The molecular formula is C20H16F2N4OS. The summed E-state index contributed by atoms with van der Waals surface area (Å²) in [5.74, 6) is -0.145. The average molecular weight is 398 g/mol. The molecule has 2 heterocycles. The molecule has 0 spiro atoms. The molecule has 8 heteroatoms. The van der Waals surface area contributed by atoms with Crippen molar-refractivity contribution in [3.8, 4) is 0 Å². The van der Waals surface area contributed by atoms with Crippen molar-refractivity contribution < 1.29 is 13.6 Å². The van der Waals surface area contributed by atoms with E-state index in [1.54, 1.807) is 6.07 Å². The molecule has 0 saturated carbocycles. The van der Waals surface area contributed by atoms with Crippen LogP contribution in [0.15, 0.2) is 76.7 Å². The van der Waals surface area contributed by atoms with Crippen molar-refractivity contribution in [3.63, 3.8) is 0 Å². The van der Waals surface area contributed by atoms with Gasteiger partial charge in [0.05, 0.1) is 11.9 Å². The molecule has 0 fully saturated rings. The van der Waals surface area contributed by atoms with Crippen molar-refractivity contribution in [1.29, 1.82) is 0 Å². The molecule has 5 nitrogen and oxygen atoms in total. The predicted molar refractivity (Wildman–Crippen MR) is 106 cm³/mol. The lowest BCUT2D eigenvalue weighted by molar-refractivity contribution is 0.102. The SMILES string of the molecule is O=C(Nc1ccccc1Sc1ccccc1)c1cnn2c1NCC=C2C(F)F. The van der Waals surface area contributed by atoms with Gasteiger partial charge in [-0.05, 0) is 30.3 Å². The first-order valence-electron chi connectivity index (χ1n) is 8.57. The molecule has 4 rings (SSSR count). The summed E-state index contributed by atoms with van der Waals surface area (Å²) in [5.41, 5.74) is 0.625. The number of hydrogen-bond donors (Lipinski definition) is 2. The van der Waals surface area contributed by atoms with Crippen molar-refractivity contribution in [3.05, 3.63) is 72.4 Å². The molecule has 2 aromatic carbocycles. The Bertz CT molecular complexity index is 1030. The van der Waals surface area contributed by atoms with Gasteiger partial charge in [-0.3, -0.25) is 4.79 Å². The zero-order chi connectivity index (χ0) is 19.5. The molecule has 0 aliphatic carbocycles. The number of rotatable bonds is 5. The first-order chi connectivity index (χ1) is 13.6. The zero-order valence-electron chi connectivity index (χ0n) is 14.6. The third-order valence-corrected chi connectivity index (χ3v) is 5.25. The molecule has 0 radical (unpaired) electrons. The van der Waals surface area contributed by atoms with Crippen LogP contribution < -0.4 is 10.6 Å². The van der Waals surface area contributed by atoms with Crippen LogP contribution in [0.25, 0.3) is 5.70 Å². The number of carbonyl (C=O) groups is 1. The molecule has 1 aromatic heterocycles. The summed E-state index contributed by atoms with van der Waals surface area (Å²) < 4.78 is 27.4. The Morgan fingerprint density at radius 1 is 1.14 bits per heavy atom. The van der Waals surface area contributed by atoms with E-state index in [9.17, 15) is 13.6 Å². The Morgan fingerprint density at radius 3 is 2.68 bits per heavy atom. The number of aromatic nitrogens is 2. The van der Waals surface area contributed by atoms with Gasteiger partial charge in [0.15, 0.2) is 0 Å². The van der Waals surface area contributed by atoms with E-state index in [2.05, 4.69) is 15.7 Å². The number of nitrogens with zero attached hydrogens (tertiary/aromatic N) is 2. The van der Waals surface area contributed by atoms with Crippen LogP contribution in [0.5, 0.6) is 0 Å². The van der Waals surface area contributed by atoms with Crippen LogP contribution in [0.3, 0.4) is 0 Å². The van der Waals surface area contributed by atoms with Crippen molar-refractivity contribution in [2.45, 2.75) is 16.2 Å². The second-order valence-electron chi connectivity index (χ2n) is 5.99. The van der Waals surface area contributed by atoms with Crippen LogP contribution in [0.4, 0.5) is 20.3 Å². The topological polar surface area (TPSA) is 59.0 Å². The van der Waals surface area contributed by atoms with E-state index in [0.717, 1.165) is 14.5 Å². The minimum atomic E-state index is -2.67. The Hall–Kier alpha value is -3.13. The van der Waals surface area contributed by atoms with Gasteiger partial charge in [-0.2, -0.15) is 5.10 Å². The summed E-state index contributed by atoms with van der Waals surface area (Å²) >= 11 is 1.53. The summed E-state index contributed by atoms with van der Waals surface area (Å²) in [6.07, 6.45) is -0.00993. The van der Waals surface area contributed by atoms with Crippen LogP contribution in [0.1, 0.15) is 10.4 Å². The van der Waals surface area contributed by atoms with Gasteiger partial charge in [-0.25, -0.2) is 13.5 Å². The smallest absolute Gasteiger partial charge is 0.280 e. The number of anilines is 2. The Morgan fingerprint density at radius 2 is 1.89 bits per heavy atom. The van der Waals surface area contributed by atoms with Gasteiger partial charge < -0.3 is 10.6 Å². The normalized spacial score (nSPS) is 12.9. The first kappa shape index (κ1) is 18.2. The van der Waals surface area contributed by atoms with E-state index in [1.165, 1.54) is 24.0 Å². The van der Waals surface area contributed by atoms with Gasteiger partial charge >= 0.3 is 0 Å². The number of halogens is 2. The van der Waals surface area contributed by atoms with Crippen LogP contribution in [-0.2, 0) is 0 Å². The number of nitrogens with one attached hydrogen (secondary N) is 2. The number of amides is 1. The summed E-state index contributed by atoms with van der Waals surface area (Å²) in [7, 11) is 0. The third kappa shape index (κ3) is 3.63. The number of alkyl halides is 2. The largest absolute Gasteiger partial charge is 0.366 e. The van der Waals surface area contributed by atoms with Crippen molar-refractivity contribution >= 4 is 34.9 Å². The second-order valence-corrected chi connectivity index (χ2v) is 7.11. The lowest BCUT2D eigenvalue weighted by atomic mass is 10.2. The Kier molecular flexibility index (Phi) is 5.12. The first-order valence-corrected chi connectivity index (χ1v) is 9.39. The highest BCUT2D eigenvalue weighted by Crippen LogP contribution is 2.34. The fourth-order valence-corrected chi connectivity index (χ4v) is 3.79. The molecule has 1 aliphatic rings. The van der Waals surface area contributed by atoms with Crippen LogP contribution in [0.2, 0.25) is 0 Å². The van der Waals surface area contributed by atoms with E-state index < -0.39 is 12.3 Å². The Labute approximate surface area is 164 Å². The van der Waals surface area contributed by atoms with Gasteiger partial charge in [0, 0.05) is 16.3 Å². The molecule has 3 aromatic rings. The lowest BCUT2D eigenvalue weighted by Gasteiger charge is -2.18. The summed E-state index contributed by atoms with van der Waals surface area (Å²) in [4.78, 5) is 14.7. The van der Waals surface area contributed by atoms with Gasteiger partial charge in [-0.1, -0.05) is 42.1 Å². The minimum Gasteiger partial charge on any atom is -0.366 e. The number of fused-ring (bicyclic) bond motifs is 1. The highest BCUT2D eigenvalue weighted by molar-refractivity contribution is 7.99. The molecule has 0 bridgehead atoms. The van der Waals surface area contributed by atoms with E-state index >= 15 is 0 Å². The standard InChI is InChI=1S/C20H16F2N4OS/c21-18(22)16-10-11-23-19-14(12-24-26(16)19)20(27)25-15-8-4-5-9-17(15)28-13-6-2-1-3-7-13/h1-10,12,18,23H,11H2,(H,25,27). The second kappa shape index (κ2) is 7.85. The fraction of sp³-hybridized carbons (Fsp3) is 0.100. The average Bonchev–Trinajstić information content (AvgIpc) is 3.14. The molecule has 142 valence electrons. The fourth-order valence-electron chi connectivity index (χ4n) is 2.86. The molecule has 2 N–H and O–H groups in total. The van der Waals surface area contributed by atoms with Crippen LogP contribution in [0, 0.1) is 0 Å². The van der Waals surface area contributed by atoms with Crippen molar-refractivity contribution in [2.24, 2.45) is 0 Å². The summed E-state index contributed by atoms with van der Waals surface area (Å²) in [6, 6.07) is 17.2. The maximum absolute atomic E-state index is 13.2. The lowest BCUT2D eigenvalue weighted by Crippen LogP contribution is -2.21. The quantitative estimate of drug-likeness (QED) is 0.647. The summed E-state index contributed by atoms with van der Waals surface area (Å²) in [6.45, 7) is 0.214. The summed E-state index contributed by atoms with van der Waals surface area (Å²) in [5, 5.41) is 9.76. The van der Waals surface area contributed by atoms with Gasteiger partial charge in [0.1, 0.15) is 17.1 Å². The molecule has 0 saturated heterocycles. The molecule has 28 heavy (non-hydrogen) atoms. The number of carbonyl (C=O) groups excluding carboxylic acids is 1. The number of para-hydroxylation sites is 1. The number of hydrogen-bond acceptors (Lipinski definition) is 4. The van der Waals surface area contributed by atoms with Crippen LogP contribution in [-0.4, -0.2) is 28.7 Å². The van der Waals surface area contributed by atoms with E-state index in [4.69, 9.17) is 0 Å². The Balaban J connectivity index is 1.58. The molecular weight excluding hydrogens is 382 g/mol. The number of allylic oxidation sites excluding steroid dienone is 1. The van der Waals surface area contributed by atoms with Gasteiger partial charge in [0.2, 0.25) is 0 Å². The highest BCUT2D eigenvalue weighted by atomic mass is 32.2. The molecule has 0 atom stereocenters. The number of benzene rings is 2. The molecule has 1 aliphatic heterocycles. The van der Waals surface area contributed by atoms with E-state index in [0.29, 0.717) is 5.69 Å².